The van der Waals surface area contributed by atoms with Gasteiger partial charge in [0.2, 0.25) is 5.79 Å². The highest BCUT2D eigenvalue weighted by Gasteiger charge is 2.59. The van der Waals surface area contributed by atoms with Crippen LogP contribution in [-0.4, -0.2) is 36.2 Å². The summed E-state index contributed by atoms with van der Waals surface area (Å²) in [5.74, 6) is -0.759. The lowest BCUT2D eigenvalue weighted by Gasteiger charge is -2.40. The van der Waals surface area contributed by atoms with E-state index in [4.69, 9.17) is 23.7 Å². The summed E-state index contributed by atoms with van der Waals surface area (Å²) >= 11 is 4.24. The Morgan fingerprint density at radius 1 is 0.947 bits per heavy atom. The first-order chi connectivity index (χ1) is 8.77. The van der Waals surface area contributed by atoms with Crippen molar-refractivity contribution in [3.8, 4) is 0 Å². The lowest BCUT2D eigenvalue weighted by Crippen LogP contribution is -2.49. The Labute approximate surface area is 136 Å². The molecule has 0 amide bonds. The fourth-order valence-electron chi connectivity index (χ4n) is 2.59. The van der Waals surface area contributed by atoms with Gasteiger partial charge >= 0.3 is 0 Å². The van der Waals surface area contributed by atoms with Gasteiger partial charge in [0, 0.05) is 51.1 Å². The normalized spacial score (nSPS) is 41.7. The van der Waals surface area contributed by atoms with E-state index in [0.29, 0.717) is 5.76 Å². The molecule has 7 heteroatoms. The smallest absolute Gasteiger partial charge is 0.204 e. The molecule has 0 bridgehead atoms. The van der Waals surface area contributed by atoms with Crippen molar-refractivity contribution in [1.29, 1.82) is 0 Å². The summed E-state index contributed by atoms with van der Waals surface area (Å²) in [5, 5.41) is 0. The molecule has 3 fully saturated rings. The quantitative estimate of drug-likeness (QED) is 0.482. The summed E-state index contributed by atoms with van der Waals surface area (Å²) in [6.07, 6.45) is -1.17. The van der Waals surface area contributed by atoms with Gasteiger partial charge in [-0.05, 0) is 13.8 Å². The average molecular weight is 496 g/mol. The molecular weight excluding hydrogens is 478 g/mol. The first-order valence-electron chi connectivity index (χ1n) is 5.98. The highest BCUT2D eigenvalue weighted by atomic mass is 128. The fraction of sp³-hybridized carbons (Fsp3) is 0.833. The third-order valence-corrected chi connectivity index (χ3v) is 3.11. The Morgan fingerprint density at radius 3 is 2.16 bits per heavy atom. The number of hydrogen-bond donors (Lipinski definition) is 0. The number of halogens is 2. The highest BCUT2D eigenvalue weighted by molar-refractivity contribution is 15.0. The molecule has 4 atom stereocenters. The minimum absolute atomic E-state index is 0.224. The predicted octanol–water partition coefficient (Wildman–Crippen LogP) is 3.30. The molecule has 3 unspecified atom stereocenters. The van der Waals surface area contributed by atoms with Crippen LogP contribution in [-0.2, 0) is 23.7 Å². The van der Waals surface area contributed by atoms with Crippen LogP contribution in [0.25, 0.3) is 0 Å². The van der Waals surface area contributed by atoms with Gasteiger partial charge in [-0.3, -0.25) is 0 Å². The standard InChI is InChI=1S/C12H18O5.I2/c1-6-7-8(15-11(2,3)14-6)9-10(13-7)17-12(4,5)16-9;1-2/h7-10H,1H2,2-5H3;/t7-,8?,9?,10?;/m1./s1. The predicted molar refractivity (Wildman–Crippen MR) is 85.9 cm³/mol. The van der Waals surface area contributed by atoms with Crippen LogP contribution >= 0.6 is 37.2 Å². The van der Waals surface area contributed by atoms with Crippen molar-refractivity contribution in [2.75, 3.05) is 0 Å². The number of ether oxygens (including phenoxy) is 5. The van der Waals surface area contributed by atoms with Gasteiger partial charge in [0.15, 0.2) is 12.1 Å². The summed E-state index contributed by atoms with van der Waals surface area (Å²) in [4.78, 5) is 0. The molecule has 0 aromatic rings. The minimum atomic E-state index is -0.702. The Morgan fingerprint density at radius 2 is 1.53 bits per heavy atom. The number of hydrogen-bond acceptors (Lipinski definition) is 5. The third-order valence-electron chi connectivity index (χ3n) is 3.11. The van der Waals surface area contributed by atoms with Crippen LogP contribution < -0.4 is 0 Å². The average Bonchev–Trinajstić information content (AvgIpc) is 2.74. The maximum Gasteiger partial charge on any atom is 0.204 e. The molecule has 0 saturated carbocycles. The van der Waals surface area contributed by atoms with E-state index in [-0.39, 0.29) is 18.3 Å². The summed E-state index contributed by atoms with van der Waals surface area (Å²) in [7, 11) is 0. The largest absolute Gasteiger partial charge is 0.465 e. The van der Waals surface area contributed by atoms with Crippen LogP contribution in [0.2, 0.25) is 0 Å². The molecule has 3 heterocycles. The second-order valence-corrected chi connectivity index (χ2v) is 5.58. The molecule has 5 nitrogen and oxygen atoms in total. The Balaban J connectivity index is 0.000000637. The molecule has 19 heavy (non-hydrogen) atoms. The molecule has 3 aliphatic rings. The Kier molecular flexibility index (Phi) is 4.74. The topological polar surface area (TPSA) is 46.2 Å². The van der Waals surface area contributed by atoms with Gasteiger partial charge in [-0.25, -0.2) is 0 Å². The van der Waals surface area contributed by atoms with Gasteiger partial charge in [-0.2, -0.15) is 0 Å². The number of rotatable bonds is 0. The molecule has 3 aliphatic heterocycles. The second-order valence-electron chi connectivity index (χ2n) is 5.58. The van der Waals surface area contributed by atoms with Crippen LogP contribution in [0.5, 0.6) is 0 Å². The van der Waals surface area contributed by atoms with Crippen molar-refractivity contribution < 1.29 is 23.7 Å². The second kappa shape index (κ2) is 5.56. The molecule has 0 aromatic heterocycles. The third kappa shape index (κ3) is 3.20. The lowest BCUT2D eigenvalue weighted by molar-refractivity contribution is -0.295. The van der Waals surface area contributed by atoms with Crippen molar-refractivity contribution in [3.05, 3.63) is 12.3 Å². The van der Waals surface area contributed by atoms with Gasteiger partial charge in [0.1, 0.15) is 24.1 Å². The van der Waals surface area contributed by atoms with Gasteiger partial charge in [-0.1, -0.05) is 6.58 Å². The molecular formula is C12H18I2O5. The SMILES string of the molecule is C=C1OC(C)(C)OC2C3OC(C)(C)OC3O[C@H]12.II. The minimum Gasteiger partial charge on any atom is -0.465 e. The van der Waals surface area contributed by atoms with Crippen molar-refractivity contribution in [3.63, 3.8) is 0 Å². The molecule has 110 valence electrons. The fourth-order valence-corrected chi connectivity index (χ4v) is 2.59. The van der Waals surface area contributed by atoms with Gasteiger partial charge in [-0.15, -0.1) is 0 Å². The lowest BCUT2D eigenvalue weighted by atomic mass is 10.1. The van der Waals surface area contributed by atoms with Gasteiger partial charge in [0.25, 0.3) is 0 Å². The molecule has 0 aromatic carbocycles. The van der Waals surface area contributed by atoms with E-state index < -0.39 is 17.9 Å². The first-order valence-corrected chi connectivity index (χ1v) is 12.3. The maximum atomic E-state index is 5.86. The Bertz CT molecular complexity index is 371. The summed E-state index contributed by atoms with van der Waals surface area (Å²) < 4.78 is 28.6. The first kappa shape index (κ1) is 16.2. The van der Waals surface area contributed by atoms with E-state index in [9.17, 15) is 0 Å². The molecule has 0 spiro atoms. The zero-order valence-electron chi connectivity index (χ0n) is 11.3. The maximum absolute atomic E-state index is 5.86. The zero-order chi connectivity index (χ0) is 14.4. The van der Waals surface area contributed by atoms with Crippen molar-refractivity contribution in [1.82, 2.24) is 0 Å². The van der Waals surface area contributed by atoms with E-state index in [0.717, 1.165) is 0 Å². The summed E-state index contributed by atoms with van der Waals surface area (Å²) in [6, 6.07) is 0. The van der Waals surface area contributed by atoms with Crippen LogP contribution in [0.15, 0.2) is 12.3 Å². The van der Waals surface area contributed by atoms with Crippen LogP contribution in [0.3, 0.4) is 0 Å². The van der Waals surface area contributed by atoms with Crippen molar-refractivity contribution >= 4 is 37.2 Å². The monoisotopic (exact) mass is 496 g/mol. The highest BCUT2D eigenvalue weighted by Crippen LogP contribution is 2.44. The summed E-state index contributed by atoms with van der Waals surface area (Å²) in [5.41, 5.74) is 0. The van der Waals surface area contributed by atoms with E-state index in [2.05, 4.69) is 43.8 Å². The number of fused-ring (bicyclic) bond motifs is 3. The molecule has 3 rings (SSSR count). The Hall–Kier alpha value is 0.840. The van der Waals surface area contributed by atoms with E-state index in [1.54, 1.807) is 0 Å². The molecule has 0 N–H and O–H groups in total. The van der Waals surface area contributed by atoms with Gasteiger partial charge < -0.3 is 23.7 Å². The molecule has 0 radical (unpaired) electrons. The van der Waals surface area contributed by atoms with Crippen LogP contribution in [0, 0.1) is 0 Å². The molecule has 3 saturated heterocycles. The van der Waals surface area contributed by atoms with Gasteiger partial charge in [0.05, 0.1) is 0 Å². The van der Waals surface area contributed by atoms with Crippen molar-refractivity contribution in [2.45, 2.75) is 63.9 Å². The van der Waals surface area contributed by atoms with E-state index in [1.165, 1.54) is 0 Å². The molecule has 0 aliphatic carbocycles. The summed E-state index contributed by atoms with van der Waals surface area (Å²) in [6.45, 7) is 11.3. The van der Waals surface area contributed by atoms with E-state index in [1.807, 2.05) is 27.7 Å². The zero-order valence-corrected chi connectivity index (χ0v) is 15.6. The van der Waals surface area contributed by atoms with Crippen molar-refractivity contribution in [2.24, 2.45) is 0 Å². The van der Waals surface area contributed by atoms with E-state index >= 15 is 0 Å². The van der Waals surface area contributed by atoms with Crippen LogP contribution in [0.1, 0.15) is 27.7 Å². The van der Waals surface area contributed by atoms with Crippen LogP contribution in [0.4, 0.5) is 0 Å².